The SMILES string of the molecule is Cc1ccc(C)c(OCCCn2c([C@@H]3CC(=O)N(c4cccc(Cl)c4)C3)nc3ccccc32)c1. The highest BCUT2D eigenvalue weighted by Gasteiger charge is 2.34. The summed E-state index contributed by atoms with van der Waals surface area (Å²) in [7, 11) is 0. The van der Waals surface area contributed by atoms with E-state index in [1.54, 1.807) is 0 Å². The van der Waals surface area contributed by atoms with Gasteiger partial charge in [-0.25, -0.2) is 4.98 Å². The summed E-state index contributed by atoms with van der Waals surface area (Å²) in [6.07, 6.45) is 1.29. The number of aryl methyl sites for hydroxylation is 3. The summed E-state index contributed by atoms with van der Waals surface area (Å²) < 4.78 is 8.35. The van der Waals surface area contributed by atoms with Gasteiger partial charge < -0.3 is 14.2 Å². The molecule has 5 rings (SSSR count). The first-order valence-electron chi connectivity index (χ1n) is 11.7. The Morgan fingerprint density at radius 3 is 2.76 bits per heavy atom. The molecule has 0 radical (unpaired) electrons. The van der Waals surface area contributed by atoms with E-state index in [4.69, 9.17) is 21.3 Å². The van der Waals surface area contributed by atoms with E-state index in [1.807, 2.05) is 47.4 Å². The molecule has 3 aromatic carbocycles. The Morgan fingerprint density at radius 2 is 1.91 bits per heavy atom. The third-order valence-corrected chi connectivity index (χ3v) is 6.66. The van der Waals surface area contributed by atoms with Gasteiger partial charge in [-0.15, -0.1) is 0 Å². The molecule has 174 valence electrons. The Kier molecular flexibility index (Phi) is 6.29. The number of ether oxygens (including phenoxy) is 1. The molecule has 5 nitrogen and oxygen atoms in total. The molecule has 1 aliphatic heterocycles. The maximum Gasteiger partial charge on any atom is 0.227 e. The molecule has 0 aliphatic carbocycles. The molecule has 1 atom stereocenters. The molecule has 0 spiro atoms. The maximum absolute atomic E-state index is 12.9. The summed E-state index contributed by atoms with van der Waals surface area (Å²) >= 11 is 6.17. The summed E-state index contributed by atoms with van der Waals surface area (Å²) in [6, 6.07) is 21.9. The highest BCUT2D eigenvalue weighted by atomic mass is 35.5. The summed E-state index contributed by atoms with van der Waals surface area (Å²) in [5, 5.41) is 0.629. The molecule has 4 aromatic rings. The number of halogens is 1. The van der Waals surface area contributed by atoms with Crippen LogP contribution in [0.2, 0.25) is 5.02 Å². The normalized spacial score (nSPS) is 15.9. The van der Waals surface area contributed by atoms with E-state index in [2.05, 4.69) is 42.7 Å². The monoisotopic (exact) mass is 473 g/mol. The third-order valence-electron chi connectivity index (χ3n) is 6.42. The summed E-state index contributed by atoms with van der Waals surface area (Å²) in [6.45, 7) is 6.14. The van der Waals surface area contributed by atoms with Crippen molar-refractivity contribution in [2.45, 2.75) is 39.2 Å². The lowest BCUT2D eigenvalue weighted by Gasteiger charge is -2.18. The molecular weight excluding hydrogens is 446 g/mol. The van der Waals surface area contributed by atoms with Gasteiger partial charge in [-0.05, 0) is 67.8 Å². The van der Waals surface area contributed by atoms with Crippen molar-refractivity contribution in [2.24, 2.45) is 0 Å². The molecule has 1 saturated heterocycles. The minimum absolute atomic E-state index is 0.0267. The van der Waals surface area contributed by atoms with E-state index < -0.39 is 0 Å². The predicted octanol–water partition coefficient (Wildman–Crippen LogP) is 6.30. The van der Waals surface area contributed by atoms with E-state index in [1.165, 1.54) is 5.56 Å². The van der Waals surface area contributed by atoms with E-state index in [0.29, 0.717) is 24.6 Å². The number of hydrogen-bond donors (Lipinski definition) is 0. The number of fused-ring (bicyclic) bond motifs is 1. The number of anilines is 1. The summed E-state index contributed by atoms with van der Waals surface area (Å²) in [5.74, 6) is 2.03. The van der Waals surface area contributed by atoms with Crippen LogP contribution in [0.1, 0.15) is 35.7 Å². The number of benzene rings is 3. The molecular formula is C28H28ClN3O2. The lowest BCUT2D eigenvalue weighted by atomic mass is 10.1. The predicted molar refractivity (Wildman–Crippen MR) is 137 cm³/mol. The standard InChI is InChI=1S/C28H28ClN3O2/c1-19-11-12-20(2)26(15-19)34-14-6-13-31-25-10-4-3-9-24(25)30-28(31)21-16-27(33)32(18-21)23-8-5-7-22(29)17-23/h3-5,7-12,15,17,21H,6,13-14,16,18H2,1-2H3/t21-/m1/s1. The molecule has 0 saturated carbocycles. The average molecular weight is 474 g/mol. The average Bonchev–Trinajstić information content (AvgIpc) is 3.39. The second-order valence-corrected chi connectivity index (χ2v) is 9.40. The number of rotatable bonds is 7. The van der Waals surface area contributed by atoms with Crippen molar-refractivity contribution in [2.75, 3.05) is 18.1 Å². The van der Waals surface area contributed by atoms with Crippen LogP contribution in [0.15, 0.2) is 66.7 Å². The van der Waals surface area contributed by atoms with Gasteiger partial charge in [0.05, 0.1) is 17.6 Å². The highest BCUT2D eigenvalue weighted by molar-refractivity contribution is 6.30. The fourth-order valence-corrected chi connectivity index (χ4v) is 4.87. The van der Waals surface area contributed by atoms with Crippen LogP contribution < -0.4 is 9.64 Å². The van der Waals surface area contributed by atoms with E-state index in [9.17, 15) is 4.79 Å². The summed E-state index contributed by atoms with van der Waals surface area (Å²) in [4.78, 5) is 19.7. The number of carbonyl (C=O) groups is 1. The van der Waals surface area contributed by atoms with Gasteiger partial charge in [0.2, 0.25) is 5.91 Å². The zero-order valence-corrected chi connectivity index (χ0v) is 20.3. The Hall–Kier alpha value is -3.31. The van der Waals surface area contributed by atoms with Gasteiger partial charge in [-0.2, -0.15) is 0 Å². The topological polar surface area (TPSA) is 47.4 Å². The van der Waals surface area contributed by atoms with Crippen molar-refractivity contribution in [1.29, 1.82) is 0 Å². The minimum atomic E-state index is 0.0267. The Morgan fingerprint density at radius 1 is 1.06 bits per heavy atom. The first-order chi connectivity index (χ1) is 16.5. The maximum atomic E-state index is 12.9. The molecule has 1 amide bonds. The molecule has 6 heteroatoms. The van der Waals surface area contributed by atoms with E-state index in [-0.39, 0.29) is 11.8 Å². The van der Waals surface area contributed by atoms with Crippen LogP contribution in [-0.4, -0.2) is 28.6 Å². The number of imidazole rings is 1. The van der Waals surface area contributed by atoms with Gasteiger partial charge in [-0.3, -0.25) is 4.79 Å². The number of para-hydroxylation sites is 2. The van der Waals surface area contributed by atoms with Crippen molar-refractivity contribution in [3.8, 4) is 5.75 Å². The lowest BCUT2D eigenvalue weighted by molar-refractivity contribution is -0.117. The van der Waals surface area contributed by atoms with Gasteiger partial charge >= 0.3 is 0 Å². The van der Waals surface area contributed by atoms with Gasteiger partial charge in [0.15, 0.2) is 0 Å². The quantitative estimate of drug-likeness (QED) is 0.296. The Bertz CT molecular complexity index is 1350. The van der Waals surface area contributed by atoms with Crippen LogP contribution in [0.25, 0.3) is 11.0 Å². The lowest BCUT2D eigenvalue weighted by Crippen LogP contribution is -2.24. The minimum Gasteiger partial charge on any atom is -0.493 e. The van der Waals surface area contributed by atoms with Crippen LogP contribution in [0.3, 0.4) is 0 Å². The smallest absolute Gasteiger partial charge is 0.227 e. The molecule has 1 aromatic heterocycles. The molecule has 2 heterocycles. The van der Waals surface area contributed by atoms with Crippen molar-refractivity contribution in [3.05, 3.63) is 88.7 Å². The second kappa shape index (κ2) is 9.51. The van der Waals surface area contributed by atoms with Crippen LogP contribution in [0, 0.1) is 13.8 Å². The largest absolute Gasteiger partial charge is 0.493 e. The van der Waals surface area contributed by atoms with Crippen LogP contribution in [-0.2, 0) is 11.3 Å². The number of nitrogens with zero attached hydrogens (tertiary/aromatic N) is 3. The first kappa shape index (κ1) is 22.5. The van der Waals surface area contributed by atoms with E-state index in [0.717, 1.165) is 46.8 Å². The zero-order valence-electron chi connectivity index (χ0n) is 19.5. The highest BCUT2D eigenvalue weighted by Crippen LogP contribution is 2.34. The number of aromatic nitrogens is 2. The van der Waals surface area contributed by atoms with Crippen molar-refractivity contribution < 1.29 is 9.53 Å². The Labute approximate surface area is 204 Å². The van der Waals surface area contributed by atoms with Crippen molar-refractivity contribution in [3.63, 3.8) is 0 Å². The molecule has 0 bridgehead atoms. The number of amides is 1. The zero-order chi connectivity index (χ0) is 23.7. The van der Waals surface area contributed by atoms with E-state index >= 15 is 0 Å². The van der Waals surface area contributed by atoms with Gasteiger partial charge in [0.25, 0.3) is 0 Å². The molecule has 1 fully saturated rings. The Balaban J connectivity index is 1.35. The van der Waals surface area contributed by atoms with Crippen molar-refractivity contribution >= 4 is 34.2 Å². The van der Waals surface area contributed by atoms with Crippen LogP contribution in [0.4, 0.5) is 5.69 Å². The van der Waals surface area contributed by atoms with Crippen molar-refractivity contribution in [1.82, 2.24) is 9.55 Å². The third kappa shape index (κ3) is 4.53. The fraction of sp³-hybridized carbons (Fsp3) is 0.286. The summed E-state index contributed by atoms with van der Waals surface area (Å²) in [5.41, 5.74) is 5.23. The molecule has 34 heavy (non-hydrogen) atoms. The van der Waals surface area contributed by atoms with Gasteiger partial charge in [0.1, 0.15) is 11.6 Å². The number of hydrogen-bond acceptors (Lipinski definition) is 3. The van der Waals surface area contributed by atoms with Gasteiger partial charge in [0, 0.05) is 36.1 Å². The van der Waals surface area contributed by atoms with Gasteiger partial charge in [-0.1, -0.05) is 41.9 Å². The molecule has 1 aliphatic rings. The second-order valence-electron chi connectivity index (χ2n) is 8.97. The fourth-order valence-electron chi connectivity index (χ4n) is 4.68. The molecule has 0 N–H and O–H groups in total. The van der Waals surface area contributed by atoms with Crippen LogP contribution in [0.5, 0.6) is 5.75 Å². The molecule has 0 unspecified atom stereocenters. The first-order valence-corrected chi connectivity index (χ1v) is 12.1. The van der Waals surface area contributed by atoms with Crippen LogP contribution >= 0.6 is 11.6 Å². The number of carbonyl (C=O) groups excluding carboxylic acids is 1.